The van der Waals surface area contributed by atoms with Crippen LogP contribution in [0.5, 0.6) is 0 Å². The van der Waals surface area contributed by atoms with Gasteiger partial charge in [-0.15, -0.1) is 12.4 Å². The Morgan fingerprint density at radius 2 is 1.68 bits per heavy atom. The van der Waals surface area contributed by atoms with Crippen molar-refractivity contribution in [3.63, 3.8) is 0 Å². The molecule has 25 heavy (non-hydrogen) atoms. The number of halogens is 2. The topological polar surface area (TPSA) is 15.6 Å². The number of benzene rings is 3. The van der Waals surface area contributed by atoms with Crippen LogP contribution in [0.4, 0.5) is 0 Å². The summed E-state index contributed by atoms with van der Waals surface area (Å²) in [7, 11) is 4.10. The maximum atomic E-state index is 6.65. The molecule has 1 aliphatic rings. The van der Waals surface area contributed by atoms with E-state index in [0.717, 1.165) is 22.8 Å². The highest BCUT2D eigenvalue weighted by Gasteiger charge is 2.26. The molecule has 4 heteroatoms. The van der Waals surface area contributed by atoms with E-state index in [4.69, 9.17) is 16.6 Å². The number of rotatable bonds is 1. The third-order valence-electron chi connectivity index (χ3n) is 4.68. The largest absolute Gasteiger partial charge is 0.366 e. The Bertz CT molecular complexity index is 948. The fraction of sp³-hybridized carbons (Fsp3) is 0.190. The fourth-order valence-electron chi connectivity index (χ4n) is 3.44. The van der Waals surface area contributed by atoms with Crippen LogP contribution in [0.1, 0.15) is 22.7 Å². The van der Waals surface area contributed by atoms with Gasteiger partial charge in [0, 0.05) is 31.1 Å². The first-order valence-corrected chi connectivity index (χ1v) is 8.52. The summed E-state index contributed by atoms with van der Waals surface area (Å²) in [6.07, 6.45) is 0.863. The minimum atomic E-state index is -0.0639. The summed E-state index contributed by atoms with van der Waals surface area (Å²) in [5, 5.41) is 3.15. The molecule has 0 spiro atoms. The van der Waals surface area contributed by atoms with Crippen molar-refractivity contribution in [2.45, 2.75) is 12.5 Å². The number of nitrogens with zero attached hydrogens (tertiary/aromatic N) is 2. The Labute approximate surface area is 159 Å². The first-order valence-electron chi connectivity index (χ1n) is 8.14. The number of amidine groups is 1. The highest BCUT2D eigenvalue weighted by Crippen LogP contribution is 2.40. The van der Waals surface area contributed by atoms with Crippen LogP contribution in [0, 0.1) is 0 Å². The Kier molecular flexibility index (Phi) is 5.03. The van der Waals surface area contributed by atoms with Crippen molar-refractivity contribution in [3.05, 3.63) is 82.4 Å². The van der Waals surface area contributed by atoms with Gasteiger partial charge in [0.15, 0.2) is 0 Å². The zero-order valence-electron chi connectivity index (χ0n) is 14.2. The molecule has 2 nitrogen and oxygen atoms in total. The minimum Gasteiger partial charge on any atom is -0.366 e. The van der Waals surface area contributed by atoms with E-state index < -0.39 is 0 Å². The minimum absolute atomic E-state index is 0. The molecule has 4 rings (SSSR count). The second kappa shape index (κ2) is 7.07. The number of fused-ring (bicyclic) bond motifs is 2. The third-order valence-corrected chi connectivity index (χ3v) is 5.01. The SMILES string of the molecule is CN(C)C1=NC(c2c(Cl)ccc3ccccc23)c2ccccc2C1.Cl. The molecule has 3 aromatic rings. The quantitative estimate of drug-likeness (QED) is 0.550. The van der Waals surface area contributed by atoms with Crippen LogP contribution in [0.15, 0.2) is 65.7 Å². The molecule has 0 radical (unpaired) electrons. The van der Waals surface area contributed by atoms with E-state index in [9.17, 15) is 0 Å². The molecule has 3 aromatic carbocycles. The fourth-order valence-corrected chi connectivity index (χ4v) is 3.71. The van der Waals surface area contributed by atoms with Crippen molar-refractivity contribution in [2.24, 2.45) is 4.99 Å². The summed E-state index contributed by atoms with van der Waals surface area (Å²) in [4.78, 5) is 7.16. The van der Waals surface area contributed by atoms with Gasteiger partial charge in [0.25, 0.3) is 0 Å². The maximum Gasteiger partial charge on any atom is 0.104 e. The van der Waals surface area contributed by atoms with E-state index >= 15 is 0 Å². The van der Waals surface area contributed by atoms with Crippen molar-refractivity contribution in [1.82, 2.24) is 4.90 Å². The van der Waals surface area contributed by atoms with Gasteiger partial charge in [-0.3, -0.25) is 4.99 Å². The van der Waals surface area contributed by atoms with Gasteiger partial charge in [0.2, 0.25) is 0 Å². The maximum absolute atomic E-state index is 6.65. The summed E-state index contributed by atoms with van der Waals surface area (Å²) in [5.41, 5.74) is 3.67. The summed E-state index contributed by atoms with van der Waals surface area (Å²) < 4.78 is 0. The molecule has 0 saturated heterocycles. The predicted octanol–water partition coefficient (Wildman–Crippen LogP) is 5.52. The van der Waals surface area contributed by atoms with Crippen molar-refractivity contribution in [2.75, 3.05) is 14.1 Å². The Balaban J connectivity index is 0.00000182. The number of hydrogen-bond donors (Lipinski definition) is 0. The molecule has 1 aliphatic heterocycles. The van der Waals surface area contributed by atoms with Gasteiger partial charge in [-0.05, 0) is 28.0 Å². The molecule has 1 heterocycles. The Morgan fingerprint density at radius 1 is 0.960 bits per heavy atom. The molecule has 0 N–H and O–H groups in total. The van der Waals surface area contributed by atoms with Crippen molar-refractivity contribution >= 4 is 40.6 Å². The monoisotopic (exact) mass is 370 g/mol. The highest BCUT2D eigenvalue weighted by atomic mass is 35.5. The van der Waals surface area contributed by atoms with Crippen LogP contribution in [-0.2, 0) is 6.42 Å². The number of aliphatic imine (C=N–C) groups is 1. The molecular formula is C21H20Cl2N2. The second-order valence-electron chi connectivity index (χ2n) is 6.40. The molecule has 0 fully saturated rings. The Hall–Kier alpha value is -2.03. The van der Waals surface area contributed by atoms with E-state index in [1.165, 1.54) is 21.9 Å². The van der Waals surface area contributed by atoms with E-state index in [1.807, 2.05) is 6.07 Å². The average molecular weight is 371 g/mol. The molecule has 0 bridgehead atoms. The number of likely N-dealkylation sites (N-methyl/N-ethyl adjacent to an activating group) is 1. The van der Waals surface area contributed by atoms with Gasteiger partial charge >= 0.3 is 0 Å². The highest BCUT2D eigenvalue weighted by molar-refractivity contribution is 6.32. The average Bonchev–Trinajstić information content (AvgIpc) is 2.61. The van der Waals surface area contributed by atoms with Crippen molar-refractivity contribution in [1.29, 1.82) is 0 Å². The normalized spacial score (nSPS) is 16.0. The molecular weight excluding hydrogens is 351 g/mol. The lowest BCUT2D eigenvalue weighted by molar-refractivity contribution is 0.592. The van der Waals surface area contributed by atoms with Crippen LogP contribution in [-0.4, -0.2) is 24.8 Å². The van der Waals surface area contributed by atoms with Crippen LogP contribution in [0.2, 0.25) is 5.02 Å². The van der Waals surface area contributed by atoms with Gasteiger partial charge in [0.1, 0.15) is 11.9 Å². The van der Waals surface area contributed by atoms with E-state index in [2.05, 4.69) is 73.6 Å². The van der Waals surface area contributed by atoms with Crippen LogP contribution < -0.4 is 0 Å². The zero-order chi connectivity index (χ0) is 16.7. The molecule has 0 saturated carbocycles. The predicted molar refractivity (Wildman–Crippen MR) is 109 cm³/mol. The van der Waals surface area contributed by atoms with Gasteiger partial charge in [-0.25, -0.2) is 0 Å². The van der Waals surface area contributed by atoms with E-state index in [1.54, 1.807) is 0 Å². The van der Waals surface area contributed by atoms with Crippen LogP contribution >= 0.6 is 24.0 Å². The molecule has 0 amide bonds. The Morgan fingerprint density at radius 3 is 2.48 bits per heavy atom. The molecule has 0 aliphatic carbocycles. The lowest BCUT2D eigenvalue weighted by atomic mass is 9.88. The van der Waals surface area contributed by atoms with Crippen LogP contribution in [0.3, 0.4) is 0 Å². The van der Waals surface area contributed by atoms with Crippen LogP contribution in [0.25, 0.3) is 10.8 Å². The second-order valence-corrected chi connectivity index (χ2v) is 6.81. The smallest absolute Gasteiger partial charge is 0.104 e. The summed E-state index contributed by atoms with van der Waals surface area (Å²) in [6, 6.07) is 20.9. The molecule has 128 valence electrons. The van der Waals surface area contributed by atoms with E-state index in [-0.39, 0.29) is 18.4 Å². The summed E-state index contributed by atoms with van der Waals surface area (Å²) in [6.45, 7) is 0. The van der Waals surface area contributed by atoms with Gasteiger partial charge < -0.3 is 4.90 Å². The van der Waals surface area contributed by atoms with Gasteiger partial charge in [-0.1, -0.05) is 66.2 Å². The van der Waals surface area contributed by atoms with Gasteiger partial charge in [-0.2, -0.15) is 0 Å². The third kappa shape index (κ3) is 3.12. The number of hydrogen-bond acceptors (Lipinski definition) is 2. The van der Waals surface area contributed by atoms with Crippen molar-refractivity contribution in [3.8, 4) is 0 Å². The zero-order valence-corrected chi connectivity index (χ0v) is 15.8. The lowest BCUT2D eigenvalue weighted by Gasteiger charge is -2.28. The summed E-state index contributed by atoms with van der Waals surface area (Å²) >= 11 is 6.65. The molecule has 1 unspecified atom stereocenters. The lowest BCUT2D eigenvalue weighted by Crippen LogP contribution is -2.28. The molecule has 0 aromatic heterocycles. The first kappa shape index (κ1) is 17.8. The molecule has 1 atom stereocenters. The standard InChI is InChI=1S/C21H19ClN2.ClH/c1-24(2)19-13-15-8-4-6-10-17(15)21(23-19)20-16-9-5-3-7-14(16)11-12-18(20)22;/h3-12,21H,13H2,1-2H3;1H. The van der Waals surface area contributed by atoms with E-state index in [0.29, 0.717) is 0 Å². The van der Waals surface area contributed by atoms with Crippen molar-refractivity contribution < 1.29 is 0 Å². The first-order chi connectivity index (χ1) is 11.6. The summed E-state index contributed by atoms with van der Waals surface area (Å²) in [5.74, 6) is 1.09. The van der Waals surface area contributed by atoms with Gasteiger partial charge in [0.05, 0.1) is 0 Å².